The van der Waals surface area contributed by atoms with Gasteiger partial charge in [-0.25, -0.2) is 0 Å². The van der Waals surface area contributed by atoms with E-state index in [0.717, 1.165) is 17.7 Å². The maximum Gasteiger partial charge on any atom is 0.273 e. The molecule has 0 aliphatic carbocycles. The Balaban J connectivity index is 2.11. The first kappa shape index (κ1) is 18.6. The zero-order valence-electron chi connectivity index (χ0n) is 14.9. The van der Waals surface area contributed by atoms with E-state index in [0.29, 0.717) is 19.0 Å². The fraction of sp³-hybridized carbons (Fsp3) is 0.444. The van der Waals surface area contributed by atoms with Crippen molar-refractivity contribution in [3.63, 3.8) is 0 Å². The number of amides is 1. The lowest BCUT2D eigenvalue weighted by Crippen LogP contribution is -2.27. The van der Waals surface area contributed by atoms with Crippen LogP contribution in [0.15, 0.2) is 29.1 Å². The van der Waals surface area contributed by atoms with E-state index in [2.05, 4.69) is 15.2 Å². The summed E-state index contributed by atoms with van der Waals surface area (Å²) < 4.78 is 5.59. The highest BCUT2D eigenvalue weighted by Crippen LogP contribution is 2.20. The molecule has 0 unspecified atom stereocenters. The summed E-state index contributed by atoms with van der Waals surface area (Å²) in [5, 5.41) is 8.09. The van der Waals surface area contributed by atoms with E-state index < -0.39 is 0 Å². The lowest BCUT2D eigenvalue weighted by Gasteiger charge is -2.13. The van der Waals surface area contributed by atoms with Crippen molar-refractivity contribution < 1.29 is 9.53 Å². The topological polar surface area (TPSA) is 88.2 Å². The summed E-state index contributed by atoms with van der Waals surface area (Å²) in [6.07, 6.45) is 1.43. The van der Waals surface area contributed by atoms with E-state index in [4.69, 9.17) is 4.74 Å². The van der Waals surface area contributed by atoms with Crippen LogP contribution in [0.1, 0.15) is 32.4 Å². The summed E-state index contributed by atoms with van der Waals surface area (Å²) in [6.45, 7) is 5.20. The number of H-pyrrole nitrogens is 1. The minimum Gasteiger partial charge on any atom is -0.494 e. The maximum absolute atomic E-state index is 12.2. The van der Waals surface area contributed by atoms with Gasteiger partial charge in [0.05, 0.1) is 6.61 Å². The fourth-order valence-electron chi connectivity index (χ4n) is 2.20. The Morgan fingerprint density at radius 3 is 2.76 bits per heavy atom. The van der Waals surface area contributed by atoms with Crippen molar-refractivity contribution in [3.8, 4) is 17.1 Å². The normalized spacial score (nSPS) is 10.5. The number of aromatic amines is 1. The predicted octanol–water partition coefficient (Wildman–Crippen LogP) is 2.03. The third-order valence-electron chi connectivity index (χ3n) is 3.82. The molecule has 1 heterocycles. The van der Waals surface area contributed by atoms with Crippen LogP contribution in [0.2, 0.25) is 0 Å². The summed E-state index contributed by atoms with van der Waals surface area (Å²) in [4.78, 5) is 28.4. The summed E-state index contributed by atoms with van der Waals surface area (Å²) in [6, 6.07) is 7.34. The Kier molecular flexibility index (Phi) is 6.68. The number of carbonyl (C=O) groups is 1. The minimum atomic E-state index is -0.322. The van der Waals surface area contributed by atoms with Crippen LogP contribution < -0.4 is 10.3 Å². The van der Waals surface area contributed by atoms with Crippen LogP contribution >= 0.6 is 0 Å². The van der Waals surface area contributed by atoms with E-state index in [-0.39, 0.29) is 30.0 Å². The van der Waals surface area contributed by atoms with Crippen LogP contribution in [-0.4, -0.2) is 46.2 Å². The van der Waals surface area contributed by atoms with Gasteiger partial charge in [-0.2, -0.15) is 0 Å². The quantitative estimate of drug-likeness (QED) is 0.791. The average molecular weight is 344 g/mol. The Labute approximate surface area is 147 Å². The van der Waals surface area contributed by atoms with Crippen molar-refractivity contribution in [1.82, 2.24) is 20.1 Å². The molecule has 25 heavy (non-hydrogen) atoms. The molecular formula is C18H24N4O3. The molecule has 134 valence electrons. The van der Waals surface area contributed by atoms with Crippen LogP contribution in [0.4, 0.5) is 0 Å². The van der Waals surface area contributed by atoms with Crippen molar-refractivity contribution in [2.75, 3.05) is 20.2 Å². The molecule has 0 fully saturated rings. The molecule has 2 aromatic rings. The van der Waals surface area contributed by atoms with Gasteiger partial charge in [0.25, 0.3) is 5.56 Å². The molecule has 1 amide bonds. The molecule has 0 radical (unpaired) electrons. The van der Waals surface area contributed by atoms with E-state index in [1.165, 1.54) is 0 Å². The zero-order chi connectivity index (χ0) is 18.2. The Bertz CT molecular complexity index is 773. The highest BCUT2D eigenvalue weighted by atomic mass is 16.5. The van der Waals surface area contributed by atoms with Crippen molar-refractivity contribution in [2.45, 2.75) is 33.1 Å². The molecule has 0 saturated heterocycles. The van der Waals surface area contributed by atoms with Crippen molar-refractivity contribution in [1.29, 1.82) is 0 Å². The Morgan fingerprint density at radius 1 is 1.28 bits per heavy atom. The van der Waals surface area contributed by atoms with Crippen LogP contribution in [0, 0.1) is 0 Å². The summed E-state index contributed by atoms with van der Waals surface area (Å²) in [5.74, 6) is 1.08. The molecule has 7 heteroatoms. The van der Waals surface area contributed by atoms with Gasteiger partial charge < -0.3 is 14.6 Å². The van der Waals surface area contributed by atoms with E-state index >= 15 is 0 Å². The third-order valence-corrected chi connectivity index (χ3v) is 3.82. The number of hydrogen-bond donors (Lipinski definition) is 1. The van der Waals surface area contributed by atoms with Gasteiger partial charge in [0.15, 0.2) is 5.82 Å². The molecular weight excluding hydrogens is 320 g/mol. The number of carbonyl (C=O) groups excluding carboxylic acids is 1. The standard InChI is InChI=1S/C18H24N4O3/c1-4-11-25-14-8-6-7-13(12-14)17-19-18(24)15(20-21-17)9-10-16(23)22(3)5-2/h6-8,12H,4-5,9-11H2,1-3H3,(H,19,21,24). The molecule has 0 aliphatic heterocycles. The van der Waals surface area contributed by atoms with Gasteiger partial charge in [-0.15, -0.1) is 10.2 Å². The number of nitrogens with one attached hydrogen (secondary N) is 1. The molecule has 0 aliphatic rings. The number of benzene rings is 1. The van der Waals surface area contributed by atoms with Crippen LogP contribution in [0.25, 0.3) is 11.4 Å². The first-order valence-electron chi connectivity index (χ1n) is 8.48. The Morgan fingerprint density at radius 2 is 2.08 bits per heavy atom. The monoisotopic (exact) mass is 344 g/mol. The number of aryl methyl sites for hydroxylation is 1. The summed E-state index contributed by atoms with van der Waals surface area (Å²) in [7, 11) is 1.73. The second-order valence-electron chi connectivity index (χ2n) is 5.73. The highest BCUT2D eigenvalue weighted by molar-refractivity contribution is 5.76. The van der Waals surface area contributed by atoms with Crippen LogP contribution in [-0.2, 0) is 11.2 Å². The minimum absolute atomic E-state index is 0.0199. The maximum atomic E-state index is 12.2. The molecule has 7 nitrogen and oxygen atoms in total. The summed E-state index contributed by atoms with van der Waals surface area (Å²) in [5.41, 5.74) is 0.670. The number of ether oxygens (including phenoxy) is 1. The van der Waals surface area contributed by atoms with Gasteiger partial charge in [0.2, 0.25) is 5.91 Å². The lowest BCUT2D eigenvalue weighted by molar-refractivity contribution is -0.129. The molecule has 1 aromatic carbocycles. The lowest BCUT2D eigenvalue weighted by atomic mass is 10.2. The first-order chi connectivity index (χ1) is 12.0. The number of rotatable bonds is 8. The van der Waals surface area contributed by atoms with Gasteiger partial charge in [-0.1, -0.05) is 19.1 Å². The molecule has 0 bridgehead atoms. The average Bonchev–Trinajstić information content (AvgIpc) is 2.64. The molecule has 1 aromatic heterocycles. The van der Waals surface area contributed by atoms with Gasteiger partial charge in [-0.3, -0.25) is 9.59 Å². The van der Waals surface area contributed by atoms with Gasteiger partial charge in [0.1, 0.15) is 11.4 Å². The number of aromatic nitrogens is 3. The summed E-state index contributed by atoms with van der Waals surface area (Å²) >= 11 is 0. The van der Waals surface area contributed by atoms with Gasteiger partial charge in [0, 0.05) is 32.0 Å². The van der Waals surface area contributed by atoms with Crippen LogP contribution in [0.5, 0.6) is 5.75 Å². The van der Waals surface area contributed by atoms with Crippen molar-refractivity contribution in [3.05, 3.63) is 40.3 Å². The first-order valence-corrected chi connectivity index (χ1v) is 8.48. The van der Waals surface area contributed by atoms with E-state index in [9.17, 15) is 9.59 Å². The van der Waals surface area contributed by atoms with Crippen LogP contribution in [0.3, 0.4) is 0 Å². The molecule has 0 atom stereocenters. The van der Waals surface area contributed by atoms with Gasteiger partial charge in [-0.05, 0) is 25.5 Å². The smallest absolute Gasteiger partial charge is 0.273 e. The van der Waals surface area contributed by atoms with Crippen molar-refractivity contribution in [2.24, 2.45) is 0 Å². The third kappa shape index (κ3) is 5.14. The fourth-order valence-corrected chi connectivity index (χ4v) is 2.20. The molecule has 0 spiro atoms. The zero-order valence-corrected chi connectivity index (χ0v) is 14.9. The Hall–Kier alpha value is -2.70. The second kappa shape index (κ2) is 8.96. The van der Waals surface area contributed by atoms with Crippen molar-refractivity contribution >= 4 is 5.91 Å². The molecule has 1 N–H and O–H groups in total. The largest absolute Gasteiger partial charge is 0.494 e. The second-order valence-corrected chi connectivity index (χ2v) is 5.73. The highest BCUT2D eigenvalue weighted by Gasteiger charge is 2.11. The van der Waals surface area contributed by atoms with Gasteiger partial charge >= 0.3 is 0 Å². The van der Waals surface area contributed by atoms with E-state index in [1.54, 1.807) is 11.9 Å². The SMILES string of the molecule is CCCOc1cccc(-c2nnc(CCC(=O)N(C)CC)c(=O)[nH]2)c1. The predicted molar refractivity (Wildman–Crippen MR) is 95.5 cm³/mol. The number of hydrogen-bond acceptors (Lipinski definition) is 5. The molecule has 2 rings (SSSR count). The number of nitrogens with zero attached hydrogens (tertiary/aromatic N) is 3. The molecule has 0 saturated carbocycles. The van der Waals surface area contributed by atoms with E-state index in [1.807, 2.05) is 38.1 Å².